The smallest absolute Gasteiger partial charge is 0.294 e. The summed E-state index contributed by atoms with van der Waals surface area (Å²) in [6.45, 7) is 0.337. The Labute approximate surface area is 201 Å². The largest absolute Gasteiger partial charge is 0.493 e. The van der Waals surface area contributed by atoms with Gasteiger partial charge in [-0.2, -0.15) is 5.10 Å². The Hall–Kier alpha value is -4.30. The fraction of sp³-hybridized carbons (Fsp3) is 0.0800. The van der Waals surface area contributed by atoms with Crippen LogP contribution >= 0.6 is 11.6 Å². The number of benzene rings is 3. The van der Waals surface area contributed by atoms with Gasteiger partial charge in [-0.05, 0) is 54.1 Å². The molecule has 0 aliphatic heterocycles. The standard InChI is InChI=1S/C25H21ClN4O4/c1-33-22-15-30(20-5-3-2-4-6-20)29-23(22)25(32)28-27-24(31)18-9-7-17(8-10-18)16-34-21-13-11-19(26)12-14-21/h2-15H,16H2,1H3,(H,27,31)(H,28,32). The Morgan fingerprint density at radius 2 is 1.59 bits per heavy atom. The van der Waals surface area contributed by atoms with Crippen LogP contribution in [0.5, 0.6) is 11.5 Å². The number of hydrogen-bond donors (Lipinski definition) is 2. The molecule has 2 N–H and O–H groups in total. The van der Waals surface area contributed by atoms with Crippen molar-refractivity contribution in [2.24, 2.45) is 0 Å². The molecule has 0 radical (unpaired) electrons. The van der Waals surface area contributed by atoms with Gasteiger partial charge in [0.1, 0.15) is 12.4 Å². The molecule has 0 aliphatic rings. The molecule has 9 heteroatoms. The number of aromatic nitrogens is 2. The highest BCUT2D eigenvalue weighted by atomic mass is 35.5. The molecule has 8 nitrogen and oxygen atoms in total. The lowest BCUT2D eigenvalue weighted by atomic mass is 10.1. The summed E-state index contributed by atoms with van der Waals surface area (Å²) >= 11 is 5.87. The maximum Gasteiger partial charge on any atom is 0.294 e. The third kappa shape index (κ3) is 5.54. The number of rotatable bonds is 7. The summed E-state index contributed by atoms with van der Waals surface area (Å²) in [5, 5.41) is 4.91. The van der Waals surface area contributed by atoms with Gasteiger partial charge in [0, 0.05) is 10.6 Å². The summed E-state index contributed by atoms with van der Waals surface area (Å²) in [5.74, 6) is -0.104. The molecule has 0 atom stereocenters. The molecular formula is C25H21ClN4O4. The predicted molar refractivity (Wildman–Crippen MR) is 127 cm³/mol. The molecular weight excluding hydrogens is 456 g/mol. The van der Waals surface area contributed by atoms with Crippen LogP contribution in [0, 0.1) is 0 Å². The van der Waals surface area contributed by atoms with Gasteiger partial charge in [0.25, 0.3) is 11.8 Å². The molecule has 1 aromatic heterocycles. The van der Waals surface area contributed by atoms with Gasteiger partial charge in [0.05, 0.1) is 19.0 Å². The summed E-state index contributed by atoms with van der Waals surface area (Å²) in [5.41, 5.74) is 6.83. The number of amides is 2. The minimum absolute atomic E-state index is 0.0429. The molecule has 0 spiro atoms. The van der Waals surface area contributed by atoms with Crippen molar-refractivity contribution in [3.63, 3.8) is 0 Å². The lowest BCUT2D eigenvalue weighted by Gasteiger charge is -2.09. The van der Waals surface area contributed by atoms with Gasteiger partial charge in [-0.3, -0.25) is 20.4 Å². The molecule has 34 heavy (non-hydrogen) atoms. The van der Waals surface area contributed by atoms with Crippen molar-refractivity contribution in [3.8, 4) is 17.2 Å². The third-order valence-corrected chi connectivity index (χ3v) is 5.11. The summed E-state index contributed by atoms with van der Waals surface area (Å²) < 4.78 is 12.5. The number of halogens is 1. The van der Waals surface area contributed by atoms with E-state index in [0.29, 0.717) is 22.9 Å². The first-order chi connectivity index (χ1) is 16.5. The van der Waals surface area contributed by atoms with Crippen molar-refractivity contribution in [1.29, 1.82) is 0 Å². The van der Waals surface area contributed by atoms with E-state index in [4.69, 9.17) is 21.1 Å². The van der Waals surface area contributed by atoms with Crippen LogP contribution in [-0.4, -0.2) is 28.7 Å². The monoisotopic (exact) mass is 476 g/mol. The van der Waals surface area contributed by atoms with E-state index in [1.54, 1.807) is 54.7 Å². The maximum atomic E-state index is 12.6. The molecule has 0 aliphatic carbocycles. The number of ether oxygens (including phenoxy) is 2. The molecule has 172 valence electrons. The zero-order valence-corrected chi connectivity index (χ0v) is 19.0. The summed E-state index contributed by atoms with van der Waals surface area (Å²) in [4.78, 5) is 25.1. The molecule has 1 heterocycles. The van der Waals surface area contributed by atoms with Crippen LogP contribution in [0.15, 0.2) is 85.1 Å². The lowest BCUT2D eigenvalue weighted by Crippen LogP contribution is -2.42. The van der Waals surface area contributed by atoms with Crippen LogP contribution in [0.2, 0.25) is 5.02 Å². The van der Waals surface area contributed by atoms with Gasteiger partial charge in [-0.1, -0.05) is 41.9 Å². The topological polar surface area (TPSA) is 94.5 Å². The van der Waals surface area contributed by atoms with Crippen LogP contribution in [-0.2, 0) is 6.61 Å². The zero-order chi connectivity index (χ0) is 23.9. The molecule has 4 rings (SSSR count). The fourth-order valence-electron chi connectivity index (χ4n) is 3.07. The van der Waals surface area contributed by atoms with E-state index >= 15 is 0 Å². The number of nitrogens with one attached hydrogen (secondary N) is 2. The van der Waals surface area contributed by atoms with Gasteiger partial charge in [0.15, 0.2) is 11.4 Å². The van der Waals surface area contributed by atoms with Crippen molar-refractivity contribution in [1.82, 2.24) is 20.6 Å². The maximum absolute atomic E-state index is 12.6. The molecule has 0 unspecified atom stereocenters. The van der Waals surface area contributed by atoms with E-state index in [2.05, 4.69) is 16.0 Å². The Morgan fingerprint density at radius 1 is 0.912 bits per heavy atom. The van der Waals surface area contributed by atoms with Crippen molar-refractivity contribution < 1.29 is 19.1 Å². The van der Waals surface area contributed by atoms with E-state index in [0.717, 1.165) is 11.3 Å². The van der Waals surface area contributed by atoms with Crippen molar-refractivity contribution in [2.45, 2.75) is 6.61 Å². The number of methoxy groups -OCH3 is 1. The highest BCUT2D eigenvalue weighted by Crippen LogP contribution is 2.19. The first kappa shape index (κ1) is 22.9. The average molecular weight is 477 g/mol. The van der Waals surface area contributed by atoms with Gasteiger partial charge >= 0.3 is 0 Å². The number of hydrazine groups is 1. The van der Waals surface area contributed by atoms with Crippen molar-refractivity contribution >= 4 is 23.4 Å². The second-order valence-corrected chi connectivity index (χ2v) is 7.61. The zero-order valence-electron chi connectivity index (χ0n) is 18.2. The number of carbonyl (C=O) groups is 2. The van der Waals surface area contributed by atoms with E-state index in [1.165, 1.54) is 11.8 Å². The Bertz CT molecular complexity index is 1270. The molecule has 0 saturated heterocycles. The van der Waals surface area contributed by atoms with Crippen molar-refractivity contribution in [3.05, 3.63) is 107 Å². The minimum Gasteiger partial charge on any atom is -0.493 e. The number of hydrogen-bond acceptors (Lipinski definition) is 5. The van der Waals surface area contributed by atoms with Crippen LogP contribution in [0.25, 0.3) is 5.69 Å². The van der Waals surface area contributed by atoms with Gasteiger partial charge in [-0.25, -0.2) is 4.68 Å². The quantitative estimate of drug-likeness (QED) is 0.390. The summed E-state index contributed by atoms with van der Waals surface area (Å²) in [6.07, 6.45) is 1.59. The van der Waals surface area contributed by atoms with E-state index in [9.17, 15) is 9.59 Å². The van der Waals surface area contributed by atoms with E-state index in [1.807, 2.05) is 30.3 Å². The van der Waals surface area contributed by atoms with Crippen molar-refractivity contribution in [2.75, 3.05) is 7.11 Å². The second-order valence-electron chi connectivity index (χ2n) is 7.17. The predicted octanol–water partition coefficient (Wildman–Crippen LogP) is 4.19. The highest BCUT2D eigenvalue weighted by Gasteiger charge is 2.19. The molecule has 4 aromatic rings. The Morgan fingerprint density at radius 3 is 2.26 bits per heavy atom. The van der Waals surface area contributed by atoms with Crippen LogP contribution < -0.4 is 20.3 Å². The lowest BCUT2D eigenvalue weighted by molar-refractivity contribution is 0.0842. The van der Waals surface area contributed by atoms with Gasteiger partial charge in [0.2, 0.25) is 0 Å². The molecule has 2 amide bonds. The van der Waals surface area contributed by atoms with Crippen LogP contribution in [0.3, 0.4) is 0 Å². The Balaban J connectivity index is 1.34. The summed E-state index contributed by atoms with van der Waals surface area (Å²) in [6, 6.07) is 23.2. The van der Waals surface area contributed by atoms with Crippen LogP contribution in [0.1, 0.15) is 26.4 Å². The van der Waals surface area contributed by atoms with Crippen LogP contribution in [0.4, 0.5) is 0 Å². The normalized spacial score (nSPS) is 10.4. The van der Waals surface area contributed by atoms with Gasteiger partial charge in [-0.15, -0.1) is 0 Å². The number of para-hydroxylation sites is 1. The molecule has 0 bridgehead atoms. The Kier molecular flexibility index (Phi) is 7.10. The number of nitrogens with zero attached hydrogens (tertiary/aromatic N) is 2. The van der Waals surface area contributed by atoms with E-state index < -0.39 is 11.8 Å². The second kappa shape index (κ2) is 10.5. The first-order valence-electron chi connectivity index (χ1n) is 10.3. The molecule has 3 aromatic carbocycles. The third-order valence-electron chi connectivity index (χ3n) is 4.86. The van der Waals surface area contributed by atoms with Gasteiger partial charge < -0.3 is 9.47 Å². The highest BCUT2D eigenvalue weighted by molar-refractivity contribution is 6.30. The SMILES string of the molecule is COc1cn(-c2ccccc2)nc1C(=O)NNC(=O)c1ccc(COc2ccc(Cl)cc2)cc1. The molecule has 0 fully saturated rings. The average Bonchev–Trinajstić information content (AvgIpc) is 3.32. The van der Waals surface area contributed by atoms with E-state index in [-0.39, 0.29) is 11.4 Å². The number of carbonyl (C=O) groups excluding carboxylic acids is 2. The minimum atomic E-state index is -0.604. The summed E-state index contributed by atoms with van der Waals surface area (Å²) in [7, 11) is 1.44. The first-order valence-corrected chi connectivity index (χ1v) is 10.7. The fourth-order valence-corrected chi connectivity index (χ4v) is 3.20. The molecule has 0 saturated carbocycles.